The summed E-state index contributed by atoms with van der Waals surface area (Å²) in [5.74, 6) is 0. The Labute approximate surface area is 106 Å². The minimum atomic E-state index is 0.633. The molecule has 0 atom stereocenters. The SMILES string of the molecule is N#C/C(=C\N=CN1CCCCC1)c1cccs1. The highest BCUT2D eigenvalue weighted by molar-refractivity contribution is 7.11. The topological polar surface area (TPSA) is 39.4 Å². The van der Waals surface area contributed by atoms with Gasteiger partial charge in [0.2, 0.25) is 0 Å². The molecule has 0 N–H and O–H groups in total. The average Bonchev–Trinajstić information content (AvgIpc) is 2.90. The number of allylic oxidation sites excluding steroid dienone is 1. The number of nitrogens with zero attached hydrogens (tertiary/aromatic N) is 3. The lowest BCUT2D eigenvalue weighted by atomic mass is 10.1. The van der Waals surface area contributed by atoms with Gasteiger partial charge < -0.3 is 4.90 Å². The minimum absolute atomic E-state index is 0.633. The second-order valence-electron chi connectivity index (χ2n) is 3.99. The van der Waals surface area contributed by atoms with Crippen molar-refractivity contribution in [3.8, 4) is 6.07 Å². The third-order valence-electron chi connectivity index (χ3n) is 2.73. The van der Waals surface area contributed by atoms with Gasteiger partial charge in [-0.05, 0) is 30.7 Å². The molecule has 1 fully saturated rings. The molecular formula is C13H15N3S. The Balaban J connectivity index is 1.98. The number of hydrogen-bond acceptors (Lipinski definition) is 3. The van der Waals surface area contributed by atoms with Gasteiger partial charge in [-0.1, -0.05) is 6.07 Å². The van der Waals surface area contributed by atoms with Gasteiger partial charge >= 0.3 is 0 Å². The third kappa shape index (κ3) is 3.43. The van der Waals surface area contributed by atoms with Crippen molar-refractivity contribution >= 4 is 23.2 Å². The summed E-state index contributed by atoms with van der Waals surface area (Å²) in [7, 11) is 0. The van der Waals surface area contributed by atoms with Crippen LogP contribution in [0, 0.1) is 11.3 Å². The lowest BCUT2D eigenvalue weighted by molar-refractivity contribution is 0.351. The summed E-state index contributed by atoms with van der Waals surface area (Å²) in [5, 5.41) is 11.0. The fourth-order valence-electron chi connectivity index (χ4n) is 1.82. The van der Waals surface area contributed by atoms with E-state index in [9.17, 15) is 0 Å². The standard InChI is InChI=1S/C13H15N3S/c14-9-12(13-5-4-8-17-13)10-15-11-16-6-2-1-3-7-16/h4-5,8,10-11H,1-3,6-7H2/b12-10+,15-11?. The van der Waals surface area contributed by atoms with Crippen LogP contribution in [-0.2, 0) is 0 Å². The number of aliphatic imine (C=N–C) groups is 1. The van der Waals surface area contributed by atoms with E-state index in [-0.39, 0.29) is 0 Å². The van der Waals surface area contributed by atoms with Gasteiger partial charge in [0, 0.05) is 24.2 Å². The summed E-state index contributed by atoms with van der Waals surface area (Å²) in [4.78, 5) is 7.43. The molecule has 0 aliphatic carbocycles. The third-order valence-corrected chi connectivity index (χ3v) is 3.63. The van der Waals surface area contributed by atoms with E-state index >= 15 is 0 Å². The molecule has 2 rings (SSSR count). The highest BCUT2D eigenvalue weighted by atomic mass is 32.1. The van der Waals surface area contributed by atoms with Crippen molar-refractivity contribution < 1.29 is 0 Å². The van der Waals surface area contributed by atoms with Crippen molar-refractivity contribution in [1.82, 2.24) is 4.90 Å². The van der Waals surface area contributed by atoms with E-state index in [2.05, 4.69) is 16.0 Å². The number of rotatable bonds is 3. The first-order valence-electron chi connectivity index (χ1n) is 5.81. The van der Waals surface area contributed by atoms with E-state index in [1.165, 1.54) is 19.3 Å². The fraction of sp³-hybridized carbons (Fsp3) is 0.385. The highest BCUT2D eigenvalue weighted by Crippen LogP contribution is 2.19. The molecule has 0 radical (unpaired) electrons. The van der Waals surface area contributed by atoms with Crippen molar-refractivity contribution in [3.05, 3.63) is 28.6 Å². The maximum Gasteiger partial charge on any atom is 0.102 e. The van der Waals surface area contributed by atoms with Crippen molar-refractivity contribution in [1.29, 1.82) is 5.26 Å². The van der Waals surface area contributed by atoms with Gasteiger partial charge in [0.15, 0.2) is 0 Å². The summed E-state index contributed by atoms with van der Waals surface area (Å²) in [6, 6.07) is 6.07. The van der Waals surface area contributed by atoms with Crippen LogP contribution < -0.4 is 0 Å². The lowest BCUT2D eigenvalue weighted by Crippen LogP contribution is -2.27. The molecule has 1 aliphatic rings. The summed E-state index contributed by atoms with van der Waals surface area (Å²) < 4.78 is 0. The maximum atomic E-state index is 9.04. The molecule has 88 valence electrons. The zero-order valence-electron chi connectivity index (χ0n) is 9.67. The molecule has 1 aliphatic heterocycles. The van der Waals surface area contributed by atoms with E-state index in [4.69, 9.17) is 5.26 Å². The van der Waals surface area contributed by atoms with E-state index in [0.29, 0.717) is 5.57 Å². The van der Waals surface area contributed by atoms with Crippen LogP contribution in [0.3, 0.4) is 0 Å². The molecule has 4 heteroatoms. The van der Waals surface area contributed by atoms with E-state index in [1.54, 1.807) is 17.5 Å². The van der Waals surface area contributed by atoms with Crippen LogP contribution in [0.1, 0.15) is 24.1 Å². The summed E-state index contributed by atoms with van der Waals surface area (Å²) in [6.07, 6.45) is 7.31. The first-order valence-corrected chi connectivity index (χ1v) is 6.69. The molecule has 0 spiro atoms. The number of piperidine rings is 1. The molecule has 17 heavy (non-hydrogen) atoms. The zero-order valence-corrected chi connectivity index (χ0v) is 10.5. The molecule has 0 bridgehead atoms. The Bertz CT molecular complexity index is 434. The normalized spacial score (nSPS) is 17.4. The Morgan fingerprint density at radius 2 is 2.24 bits per heavy atom. The van der Waals surface area contributed by atoms with Crippen molar-refractivity contribution in [2.75, 3.05) is 13.1 Å². The van der Waals surface area contributed by atoms with Crippen molar-refractivity contribution in [2.45, 2.75) is 19.3 Å². The molecule has 1 aromatic heterocycles. The van der Waals surface area contributed by atoms with Gasteiger partial charge in [-0.2, -0.15) is 5.26 Å². The predicted octanol–water partition coefficient (Wildman–Crippen LogP) is 3.13. The van der Waals surface area contributed by atoms with Crippen LogP contribution in [0.25, 0.3) is 5.57 Å². The summed E-state index contributed by atoms with van der Waals surface area (Å²) >= 11 is 1.56. The Morgan fingerprint density at radius 3 is 2.88 bits per heavy atom. The molecule has 0 aromatic carbocycles. The zero-order chi connectivity index (χ0) is 11.9. The second kappa shape index (κ2) is 6.21. The predicted molar refractivity (Wildman–Crippen MR) is 71.8 cm³/mol. The number of nitriles is 1. The van der Waals surface area contributed by atoms with Crippen LogP contribution in [0.5, 0.6) is 0 Å². The second-order valence-corrected chi connectivity index (χ2v) is 4.94. The fourth-order valence-corrected chi connectivity index (χ4v) is 2.50. The molecular weight excluding hydrogens is 230 g/mol. The monoisotopic (exact) mass is 245 g/mol. The van der Waals surface area contributed by atoms with Gasteiger partial charge in [-0.25, -0.2) is 4.99 Å². The average molecular weight is 245 g/mol. The van der Waals surface area contributed by atoms with Gasteiger partial charge in [0.25, 0.3) is 0 Å². The van der Waals surface area contributed by atoms with Gasteiger partial charge in [0.1, 0.15) is 6.07 Å². The van der Waals surface area contributed by atoms with E-state index < -0.39 is 0 Å². The quantitative estimate of drug-likeness (QED) is 0.466. The smallest absolute Gasteiger partial charge is 0.102 e. The molecule has 3 nitrogen and oxygen atoms in total. The maximum absolute atomic E-state index is 9.04. The van der Waals surface area contributed by atoms with Crippen LogP contribution in [0.2, 0.25) is 0 Å². The number of thiophene rings is 1. The molecule has 0 unspecified atom stereocenters. The molecule has 0 saturated carbocycles. The van der Waals surface area contributed by atoms with Gasteiger partial charge in [-0.15, -0.1) is 11.3 Å². The van der Waals surface area contributed by atoms with Crippen molar-refractivity contribution in [2.24, 2.45) is 4.99 Å². The minimum Gasteiger partial charge on any atom is -0.363 e. The highest BCUT2D eigenvalue weighted by Gasteiger charge is 2.05. The van der Waals surface area contributed by atoms with Crippen LogP contribution in [0.4, 0.5) is 0 Å². The lowest BCUT2D eigenvalue weighted by Gasteiger charge is -2.23. The summed E-state index contributed by atoms with van der Waals surface area (Å²) in [6.45, 7) is 2.16. The van der Waals surface area contributed by atoms with Crippen LogP contribution >= 0.6 is 11.3 Å². The number of likely N-dealkylation sites (tertiary alicyclic amines) is 1. The largest absolute Gasteiger partial charge is 0.363 e. The first-order chi connectivity index (χ1) is 8.40. The number of hydrogen-bond donors (Lipinski definition) is 0. The van der Waals surface area contributed by atoms with Crippen molar-refractivity contribution in [3.63, 3.8) is 0 Å². The molecule has 1 aromatic rings. The Morgan fingerprint density at radius 1 is 1.41 bits per heavy atom. The molecule has 1 saturated heterocycles. The van der Waals surface area contributed by atoms with Gasteiger partial charge in [-0.3, -0.25) is 0 Å². The van der Waals surface area contributed by atoms with Gasteiger partial charge in [0.05, 0.1) is 11.9 Å². The molecule has 0 amide bonds. The van der Waals surface area contributed by atoms with Crippen LogP contribution in [0.15, 0.2) is 28.7 Å². The first kappa shape index (κ1) is 11.9. The Kier molecular flexibility index (Phi) is 4.34. The molecule has 2 heterocycles. The van der Waals surface area contributed by atoms with E-state index in [0.717, 1.165) is 18.0 Å². The Hall–Kier alpha value is -1.60. The summed E-state index contributed by atoms with van der Waals surface area (Å²) in [5.41, 5.74) is 0.633. The van der Waals surface area contributed by atoms with E-state index in [1.807, 2.05) is 23.9 Å². The van der Waals surface area contributed by atoms with Crippen LogP contribution in [-0.4, -0.2) is 24.3 Å².